The fraction of sp³-hybridized carbons (Fsp3) is 0.579. The molecule has 4 aliphatic carbocycles. The average Bonchev–Trinajstić information content (AvgIpc) is 2.54. The number of halogens is 2. The summed E-state index contributed by atoms with van der Waals surface area (Å²) in [6, 6.07) is 5.51. The van der Waals surface area contributed by atoms with Gasteiger partial charge in [0.2, 0.25) is 0 Å². The van der Waals surface area contributed by atoms with Crippen molar-refractivity contribution in [3.05, 3.63) is 27.1 Å². The van der Waals surface area contributed by atoms with E-state index < -0.39 is 0 Å². The highest BCUT2D eigenvalue weighted by molar-refractivity contribution is 9.11. The second-order valence-electron chi connectivity index (χ2n) is 7.95. The maximum Gasteiger partial charge on any atom is 0.312 e. The number of ether oxygens (including phenoxy) is 1. The Kier molecular flexibility index (Phi) is 4.69. The van der Waals surface area contributed by atoms with Crippen LogP contribution in [0.15, 0.2) is 27.1 Å². The molecule has 1 N–H and O–H groups in total. The van der Waals surface area contributed by atoms with E-state index in [-0.39, 0.29) is 23.9 Å². The summed E-state index contributed by atoms with van der Waals surface area (Å²) in [6.45, 7) is -0.219. The minimum Gasteiger partial charge on any atom is -0.455 e. The molecule has 0 aromatic heterocycles. The summed E-state index contributed by atoms with van der Waals surface area (Å²) < 4.78 is 7.15. The van der Waals surface area contributed by atoms with Gasteiger partial charge in [-0.2, -0.15) is 0 Å². The van der Waals surface area contributed by atoms with Crippen molar-refractivity contribution < 1.29 is 14.3 Å². The third-order valence-electron chi connectivity index (χ3n) is 6.01. The monoisotopic (exact) mass is 469 g/mol. The topological polar surface area (TPSA) is 55.4 Å². The predicted molar refractivity (Wildman–Crippen MR) is 102 cm³/mol. The van der Waals surface area contributed by atoms with Gasteiger partial charge >= 0.3 is 5.97 Å². The largest absolute Gasteiger partial charge is 0.455 e. The molecule has 5 rings (SSSR count). The van der Waals surface area contributed by atoms with Crippen LogP contribution in [0.2, 0.25) is 0 Å². The average molecular weight is 471 g/mol. The molecule has 4 saturated carbocycles. The van der Waals surface area contributed by atoms with Gasteiger partial charge in [0.15, 0.2) is 6.61 Å². The number of carbonyl (C=O) groups excluding carboxylic acids is 2. The summed E-state index contributed by atoms with van der Waals surface area (Å²) in [5, 5.41) is 2.78. The number of amides is 1. The molecule has 4 fully saturated rings. The molecule has 0 atom stereocenters. The molecule has 0 unspecified atom stereocenters. The van der Waals surface area contributed by atoms with E-state index in [1.54, 1.807) is 6.07 Å². The highest BCUT2D eigenvalue weighted by Gasteiger charge is 2.55. The van der Waals surface area contributed by atoms with Crippen LogP contribution in [0.1, 0.15) is 38.5 Å². The Hall–Kier alpha value is -0.880. The zero-order valence-electron chi connectivity index (χ0n) is 13.9. The first-order valence-electron chi connectivity index (χ1n) is 8.86. The standard InChI is InChI=1S/C19H21Br2NO3/c20-14-1-2-16(15(21)6-14)22-17(23)10-25-18(24)19-7-11-3-12(8-19)5-13(4-11)9-19/h1-2,6,11-13H,3-5,7-10H2,(H,22,23). The quantitative estimate of drug-likeness (QED) is 0.636. The van der Waals surface area contributed by atoms with Crippen molar-refractivity contribution in [1.29, 1.82) is 0 Å². The Morgan fingerprint density at radius 2 is 1.68 bits per heavy atom. The summed E-state index contributed by atoms with van der Waals surface area (Å²) in [6.07, 6.45) is 6.72. The molecule has 0 radical (unpaired) electrons. The van der Waals surface area contributed by atoms with E-state index in [9.17, 15) is 9.59 Å². The van der Waals surface area contributed by atoms with Crippen LogP contribution < -0.4 is 5.32 Å². The molecule has 4 aliphatic rings. The highest BCUT2D eigenvalue weighted by Crippen LogP contribution is 2.60. The molecular formula is C19H21Br2NO3. The van der Waals surface area contributed by atoms with E-state index >= 15 is 0 Å². The summed E-state index contributed by atoms with van der Waals surface area (Å²) in [5.41, 5.74) is 0.354. The van der Waals surface area contributed by atoms with Gasteiger partial charge in [-0.25, -0.2) is 0 Å². The van der Waals surface area contributed by atoms with Gasteiger partial charge in [-0.15, -0.1) is 0 Å². The van der Waals surface area contributed by atoms with E-state index in [1.807, 2.05) is 12.1 Å². The van der Waals surface area contributed by atoms with Crippen molar-refractivity contribution in [2.45, 2.75) is 38.5 Å². The maximum atomic E-state index is 12.7. The third kappa shape index (κ3) is 3.52. The van der Waals surface area contributed by atoms with Gasteiger partial charge in [0.25, 0.3) is 5.91 Å². The molecule has 25 heavy (non-hydrogen) atoms. The van der Waals surface area contributed by atoms with Gasteiger partial charge in [0.05, 0.1) is 11.1 Å². The van der Waals surface area contributed by atoms with Gasteiger partial charge in [0.1, 0.15) is 0 Å². The molecule has 0 aliphatic heterocycles. The van der Waals surface area contributed by atoms with Crippen molar-refractivity contribution in [3.8, 4) is 0 Å². The molecule has 0 heterocycles. The van der Waals surface area contributed by atoms with Gasteiger partial charge in [-0.3, -0.25) is 9.59 Å². The summed E-state index contributed by atoms with van der Waals surface area (Å²) in [4.78, 5) is 24.9. The van der Waals surface area contributed by atoms with E-state index in [0.717, 1.165) is 28.2 Å². The van der Waals surface area contributed by atoms with Gasteiger partial charge in [0, 0.05) is 8.95 Å². The van der Waals surface area contributed by atoms with Gasteiger partial charge in [-0.05, 0) is 90.4 Å². The molecule has 4 nitrogen and oxygen atoms in total. The first kappa shape index (κ1) is 17.5. The van der Waals surface area contributed by atoms with Crippen LogP contribution in [0, 0.1) is 23.2 Å². The first-order chi connectivity index (χ1) is 11.9. The number of benzene rings is 1. The molecule has 1 amide bonds. The number of hydrogen-bond donors (Lipinski definition) is 1. The van der Waals surface area contributed by atoms with E-state index in [0.29, 0.717) is 23.4 Å². The smallest absolute Gasteiger partial charge is 0.312 e. The maximum absolute atomic E-state index is 12.7. The van der Waals surface area contributed by atoms with Crippen LogP contribution in [0.5, 0.6) is 0 Å². The van der Waals surface area contributed by atoms with Crippen LogP contribution in [0.3, 0.4) is 0 Å². The summed E-state index contributed by atoms with van der Waals surface area (Å²) >= 11 is 6.79. The van der Waals surface area contributed by atoms with Crippen molar-refractivity contribution in [2.75, 3.05) is 11.9 Å². The lowest BCUT2D eigenvalue weighted by Gasteiger charge is -2.55. The number of nitrogens with one attached hydrogen (secondary N) is 1. The Labute approximate surface area is 164 Å². The molecule has 0 spiro atoms. The van der Waals surface area contributed by atoms with E-state index in [4.69, 9.17) is 4.74 Å². The number of rotatable bonds is 4. The van der Waals surface area contributed by atoms with Gasteiger partial charge < -0.3 is 10.1 Å². The second kappa shape index (κ2) is 6.69. The molecule has 134 valence electrons. The minimum atomic E-state index is -0.312. The highest BCUT2D eigenvalue weighted by atomic mass is 79.9. The predicted octanol–water partition coefficient (Wildman–Crippen LogP) is 4.91. The zero-order valence-corrected chi connectivity index (χ0v) is 17.1. The lowest BCUT2D eigenvalue weighted by molar-refractivity contribution is -0.172. The van der Waals surface area contributed by atoms with Crippen molar-refractivity contribution in [3.63, 3.8) is 0 Å². The SMILES string of the molecule is O=C(COC(=O)C12CC3CC(CC(C3)C1)C2)Nc1ccc(Br)cc1Br. The number of carbonyl (C=O) groups is 2. The molecule has 4 bridgehead atoms. The minimum absolute atomic E-state index is 0.156. The van der Waals surface area contributed by atoms with E-state index in [1.165, 1.54) is 19.3 Å². The number of esters is 1. The Balaban J connectivity index is 1.35. The number of hydrogen-bond acceptors (Lipinski definition) is 3. The molecule has 6 heteroatoms. The van der Waals surface area contributed by atoms with Crippen LogP contribution in [0.4, 0.5) is 5.69 Å². The van der Waals surface area contributed by atoms with Crippen molar-refractivity contribution in [2.24, 2.45) is 23.2 Å². The number of anilines is 1. The molecule has 0 saturated heterocycles. The van der Waals surface area contributed by atoms with Crippen LogP contribution in [0.25, 0.3) is 0 Å². The van der Waals surface area contributed by atoms with Crippen LogP contribution in [-0.4, -0.2) is 18.5 Å². The second-order valence-corrected chi connectivity index (χ2v) is 9.72. The lowest BCUT2D eigenvalue weighted by atomic mass is 9.49. The van der Waals surface area contributed by atoms with E-state index in [2.05, 4.69) is 37.2 Å². The Bertz CT molecular complexity index is 683. The van der Waals surface area contributed by atoms with Crippen LogP contribution >= 0.6 is 31.9 Å². The molecular weight excluding hydrogens is 450 g/mol. The summed E-state index contributed by atoms with van der Waals surface area (Å²) in [5.74, 6) is 1.60. The lowest BCUT2D eigenvalue weighted by Crippen LogP contribution is -2.50. The normalized spacial score (nSPS) is 32.5. The van der Waals surface area contributed by atoms with Gasteiger partial charge in [-0.1, -0.05) is 15.9 Å². The summed E-state index contributed by atoms with van der Waals surface area (Å²) in [7, 11) is 0. The van der Waals surface area contributed by atoms with Crippen molar-refractivity contribution in [1.82, 2.24) is 0 Å². The Morgan fingerprint density at radius 3 is 2.24 bits per heavy atom. The fourth-order valence-corrected chi connectivity index (χ4v) is 6.57. The van der Waals surface area contributed by atoms with Crippen LogP contribution in [-0.2, 0) is 14.3 Å². The molecule has 1 aromatic rings. The molecule has 1 aromatic carbocycles. The first-order valence-corrected chi connectivity index (χ1v) is 10.4. The third-order valence-corrected chi connectivity index (χ3v) is 7.16. The fourth-order valence-electron chi connectivity index (χ4n) is 5.42. The Morgan fingerprint density at radius 1 is 1.08 bits per heavy atom. The van der Waals surface area contributed by atoms with Crippen molar-refractivity contribution >= 4 is 49.4 Å². The zero-order chi connectivity index (χ0) is 17.6.